The molecular weight excluding hydrogens is 208 g/mol. The second-order valence-corrected chi connectivity index (χ2v) is 5.58. The van der Waals surface area contributed by atoms with E-state index in [0.717, 1.165) is 12.2 Å². The number of ether oxygens (including phenoxy) is 1. The van der Waals surface area contributed by atoms with Crippen molar-refractivity contribution in [3.63, 3.8) is 0 Å². The Hall–Kier alpha value is -0.980. The summed E-state index contributed by atoms with van der Waals surface area (Å²) in [5, 5.41) is 0. The van der Waals surface area contributed by atoms with E-state index in [1.54, 1.807) is 0 Å². The first-order chi connectivity index (χ1) is 8.25. The van der Waals surface area contributed by atoms with Crippen molar-refractivity contribution in [2.45, 2.75) is 58.5 Å². The summed E-state index contributed by atoms with van der Waals surface area (Å²) in [5.41, 5.74) is 1.37. The molecule has 1 fully saturated rings. The molecule has 1 heteroatoms. The van der Waals surface area contributed by atoms with Crippen LogP contribution in [0.2, 0.25) is 0 Å². The molecule has 0 aromatic heterocycles. The molecule has 1 saturated carbocycles. The molecule has 1 aromatic carbocycles. The normalized spacial score (nSPS) is 17.4. The van der Waals surface area contributed by atoms with Gasteiger partial charge in [-0.05, 0) is 49.7 Å². The van der Waals surface area contributed by atoms with Crippen molar-refractivity contribution in [1.82, 2.24) is 0 Å². The summed E-state index contributed by atoms with van der Waals surface area (Å²) in [4.78, 5) is 0. The van der Waals surface area contributed by atoms with Gasteiger partial charge in [0, 0.05) is 0 Å². The van der Waals surface area contributed by atoms with E-state index in [2.05, 4.69) is 38.1 Å². The Labute approximate surface area is 105 Å². The van der Waals surface area contributed by atoms with Crippen LogP contribution in [-0.4, -0.2) is 6.10 Å². The molecule has 0 aliphatic heterocycles. The van der Waals surface area contributed by atoms with Crippen molar-refractivity contribution in [2.24, 2.45) is 5.92 Å². The van der Waals surface area contributed by atoms with E-state index in [4.69, 9.17) is 4.74 Å². The summed E-state index contributed by atoms with van der Waals surface area (Å²) in [5.74, 6) is 1.80. The van der Waals surface area contributed by atoms with E-state index in [0.29, 0.717) is 12.0 Å². The van der Waals surface area contributed by atoms with Crippen LogP contribution in [0.1, 0.15) is 51.5 Å². The number of benzene rings is 1. The molecule has 1 nitrogen and oxygen atoms in total. The number of hydrogen-bond acceptors (Lipinski definition) is 1. The lowest BCUT2D eigenvalue weighted by Crippen LogP contribution is -2.20. The van der Waals surface area contributed by atoms with Crippen LogP contribution in [0.25, 0.3) is 0 Å². The lowest BCUT2D eigenvalue weighted by molar-refractivity contribution is 0.153. The average molecular weight is 232 g/mol. The van der Waals surface area contributed by atoms with Gasteiger partial charge in [0.05, 0.1) is 6.10 Å². The molecule has 0 radical (unpaired) electrons. The fourth-order valence-corrected chi connectivity index (χ4v) is 2.59. The maximum absolute atomic E-state index is 6.19. The van der Waals surface area contributed by atoms with E-state index in [1.807, 2.05) is 0 Å². The van der Waals surface area contributed by atoms with Crippen LogP contribution in [0.5, 0.6) is 5.75 Å². The van der Waals surface area contributed by atoms with Crippen molar-refractivity contribution >= 4 is 0 Å². The van der Waals surface area contributed by atoms with E-state index in [-0.39, 0.29) is 0 Å². The van der Waals surface area contributed by atoms with Crippen LogP contribution in [0, 0.1) is 5.92 Å². The van der Waals surface area contributed by atoms with E-state index in [9.17, 15) is 0 Å². The summed E-state index contributed by atoms with van der Waals surface area (Å²) in [6.07, 6.45) is 8.08. The third kappa shape index (κ3) is 3.76. The summed E-state index contributed by atoms with van der Waals surface area (Å²) in [6.45, 7) is 4.52. The lowest BCUT2D eigenvalue weighted by Gasteiger charge is -2.24. The second-order valence-electron chi connectivity index (χ2n) is 5.58. The highest BCUT2D eigenvalue weighted by Crippen LogP contribution is 2.27. The monoisotopic (exact) mass is 232 g/mol. The minimum Gasteiger partial charge on any atom is -0.490 e. The number of hydrogen-bond donors (Lipinski definition) is 0. The van der Waals surface area contributed by atoms with Gasteiger partial charge in [0.2, 0.25) is 0 Å². The van der Waals surface area contributed by atoms with Crippen molar-refractivity contribution < 1.29 is 4.74 Å². The Kier molecular flexibility index (Phi) is 4.47. The molecule has 0 amide bonds. The van der Waals surface area contributed by atoms with Gasteiger partial charge in [-0.2, -0.15) is 0 Å². The Morgan fingerprint density at radius 3 is 2.53 bits per heavy atom. The SMILES string of the molecule is CC(C)Cc1ccccc1OC1CCCCC1. The predicted octanol–water partition coefficient (Wildman–Crippen LogP) is 4.60. The smallest absolute Gasteiger partial charge is 0.122 e. The fraction of sp³-hybridized carbons (Fsp3) is 0.625. The highest BCUT2D eigenvalue weighted by atomic mass is 16.5. The molecule has 1 aliphatic rings. The topological polar surface area (TPSA) is 9.23 Å². The van der Waals surface area contributed by atoms with Crippen LogP contribution >= 0.6 is 0 Å². The molecule has 0 spiro atoms. The molecule has 0 unspecified atom stereocenters. The van der Waals surface area contributed by atoms with Gasteiger partial charge in [-0.15, -0.1) is 0 Å². The Morgan fingerprint density at radius 2 is 1.82 bits per heavy atom. The highest BCUT2D eigenvalue weighted by molar-refractivity contribution is 5.33. The van der Waals surface area contributed by atoms with Crippen LogP contribution in [0.3, 0.4) is 0 Å². The summed E-state index contributed by atoms with van der Waals surface area (Å²) >= 11 is 0. The van der Waals surface area contributed by atoms with E-state index in [1.165, 1.54) is 37.7 Å². The standard InChI is InChI=1S/C16H24O/c1-13(2)12-14-8-6-7-11-16(14)17-15-9-4-3-5-10-15/h6-8,11,13,15H,3-5,9-10,12H2,1-2H3. The zero-order valence-electron chi connectivity index (χ0n) is 11.1. The van der Waals surface area contributed by atoms with Crippen LogP contribution in [-0.2, 0) is 6.42 Å². The van der Waals surface area contributed by atoms with Crippen LogP contribution in [0.4, 0.5) is 0 Å². The first kappa shape index (κ1) is 12.5. The third-order valence-corrected chi connectivity index (χ3v) is 3.45. The van der Waals surface area contributed by atoms with E-state index >= 15 is 0 Å². The molecule has 0 heterocycles. The van der Waals surface area contributed by atoms with Gasteiger partial charge in [-0.3, -0.25) is 0 Å². The molecule has 94 valence electrons. The first-order valence-electron chi connectivity index (χ1n) is 7.00. The van der Waals surface area contributed by atoms with Gasteiger partial charge in [0.1, 0.15) is 5.75 Å². The van der Waals surface area contributed by atoms with Gasteiger partial charge < -0.3 is 4.74 Å². The third-order valence-electron chi connectivity index (χ3n) is 3.45. The summed E-state index contributed by atoms with van der Waals surface area (Å²) < 4.78 is 6.19. The van der Waals surface area contributed by atoms with Crippen molar-refractivity contribution in [2.75, 3.05) is 0 Å². The van der Waals surface area contributed by atoms with Crippen LogP contribution in [0.15, 0.2) is 24.3 Å². The minimum absolute atomic E-state index is 0.456. The lowest BCUT2D eigenvalue weighted by atomic mass is 9.97. The predicted molar refractivity (Wildman–Crippen MR) is 72.5 cm³/mol. The van der Waals surface area contributed by atoms with Crippen molar-refractivity contribution in [3.8, 4) is 5.75 Å². The van der Waals surface area contributed by atoms with E-state index < -0.39 is 0 Å². The Morgan fingerprint density at radius 1 is 1.12 bits per heavy atom. The second kappa shape index (κ2) is 6.09. The maximum atomic E-state index is 6.19. The molecule has 2 rings (SSSR count). The first-order valence-corrected chi connectivity index (χ1v) is 7.00. The van der Waals surface area contributed by atoms with Gasteiger partial charge in [-0.1, -0.05) is 38.5 Å². The van der Waals surface area contributed by atoms with Crippen molar-refractivity contribution in [3.05, 3.63) is 29.8 Å². The summed E-state index contributed by atoms with van der Waals surface area (Å²) in [7, 11) is 0. The van der Waals surface area contributed by atoms with Gasteiger partial charge >= 0.3 is 0 Å². The molecule has 1 aliphatic carbocycles. The molecule has 17 heavy (non-hydrogen) atoms. The Bertz CT molecular complexity index is 337. The van der Waals surface area contributed by atoms with Gasteiger partial charge in [-0.25, -0.2) is 0 Å². The van der Waals surface area contributed by atoms with Crippen molar-refractivity contribution in [1.29, 1.82) is 0 Å². The minimum atomic E-state index is 0.456. The average Bonchev–Trinajstić information content (AvgIpc) is 2.32. The van der Waals surface area contributed by atoms with Crippen LogP contribution < -0.4 is 4.74 Å². The van der Waals surface area contributed by atoms with Gasteiger partial charge in [0.15, 0.2) is 0 Å². The summed E-state index contributed by atoms with van der Waals surface area (Å²) in [6, 6.07) is 8.54. The number of rotatable bonds is 4. The maximum Gasteiger partial charge on any atom is 0.122 e. The molecule has 0 bridgehead atoms. The highest BCUT2D eigenvalue weighted by Gasteiger charge is 2.16. The quantitative estimate of drug-likeness (QED) is 0.737. The molecular formula is C16H24O. The Balaban J connectivity index is 2.03. The fourth-order valence-electron chi connectivity index (χ4n) is 2.59. The zero-order chi connectivity index (χ0) is 12.1. The number of para-hydroxylation sites is 1. The molecule has 0 N–H and O–H groups in total. The molecule has 0 saturated heterocycles. The molecule has 1 aromatic rings. The largest absolute Gasteiger partial charge is 0.490 e. The van der Waals surface area contributed by atoms with Gasteiger partial charge in [0.25, 0.3) is 0 Å². The zero-order valence-corrected chi connectivity index (χ0v) is 11.1. The molecule has 0 atom stereocenters.